The molecule has 0 radical (unpaired) electrons. The summed E-state index contributed by atoms with van der Waals surface area (Å²) in [5.74, 6) is 0. The van der Waals surface area contributed by atoms with E-state index in [1.54, 1.807) is 24.3 Å². The molecule has 0 spiro atoms. The van der Waals surface area contributed by atoms with Crippen LogP contribution in [0.4, 0.5) is 0 Å². The van der Waals surface area contributed by atoms with Gasteiger partial charge >= 0.3 is 0 Å². The molecule has 0 bridgehead atoms. The SMILES string of the molecule is NS(=O)(=O)c1ccc(CNC2CC2)cc1. The quantitative estimate of drug-likeness (QED) is 0.789. The van der Waals surface area contributed by atoms with E-state index in [0.29, 0.717) is 6.04 Å². The molecule has 1 saturated carbocycles. The van der Waals surface area contributed by atoms with Gasteiger partial charge in [-0.2, -0.15) is 0 Å². The number of nitrogens with one attached hydrogen (secondary N) is 1. The zero-order chi connectivity index (χ0) is 10.9. The second kappa shape index (κ2) is 3.92. The van der Waals surface area contributed by atoms with Crippen LogP contribution in [0.1, 0.15) is 18.4 Å². The number of rotatable bonds is 4. The predicted molar refractivity (Wildman–Crippen MR) is 57.7 cm³/mol. The highest BCUT2D eigenvalue weighted by Gasteiger charge is 2.19. The molecule has 0 aromatic heterocycles. The fourth-order valence-electron chi connectivity index (χ4n) is 1.35. The molecule has 0 atom stereocenters. The van der Waals surface area contributed by atoms with Gasteiger partial charge in [-0.25, -0.2) is 13.6 Å². The average molecular weight is 226 g/mol. The summed E-state index contributed by atoms with van der Waals surface area (Å²) in [5, 5.41) is 8.35. The van der Waals surface area contributed by atoms with Crippen LogP contribution < -0.4 is 10.5 Å². The first-order valence-electron chi connectivity index (χ1n) is 4.91. The number of primary sulfonamides is 1. The molecular weight excluding hydrogens is 212 g/mol. The van der Waals surface area contributed by atoms with Gasteiger partial charge in [0.1, 0.15) is 0 Å². The minimum absolute atomic E-state index is 0.165. The molecule has 0 amide bonds. The second-order valence-corrected chi connectivity index (χ2v) is 5.41. The van der Waals surface area contributed by atoms with Gasteiger partial charge in [-0.3, -0.25) is 0 Å². The maximum Gasteiger partial charge on any atom is 0.238 e. The van der Waals surface area contributed by atoms with E-state index in [1.165, 1.54) is 12.8 Å². The molecule has 1 aromatic carbocycles. The molecule has 2 rings (SSSR count). The maximum atomic E-state index is 11.0. The molecule has 0 aliphatic heterocycles. The van der Waals surface area contributed by atoms with Crippen molar-refractivity contribution in [1.29, 1.82) is 0 Å². The number of benzene rings is 1. The Morgan fingerprint density at radius 1 is 1.27 bits per heavy atom. The van der Waals surface area contributed by atoms with Crippen molar-refractivity contribution in [2.24, 2.45) is 5.14 Å². The largest absolute Gasteiger partial charge is 0.310 e. The third-order valence-corrected chi connectivity index (χ3v) is 3.35. The van der Waals surface area contributed by atoms with Gasteiger partial charge in [-0.1, -0.05) is 12.1 Å². The first-order valence-corrected chi connectivity index (χ1v) is 6.45. The molecule has 5 heteroatoms. The predicted octanol–water partition coefficient (Wildman–Crippen LogP) is 0.586. The van der Waals surface area contributed by atoms with Gasteiger partial charge in [0.05, 0.1) is 4.90 Å². The fourth-order valence-corrected chi connectivity index (χ4v) is 1.86. The summed E-state index contributed by atoms with van der Waals surface area (Å²) in [7, 11) is -3.56. The van der Waals surface area contributed by atoms with Crippen LogP contribution in [0, 0.1) is 0 Å². The average Bonchev–Trinajstić information content (AvgIpc) is 2.97. The molecule has 82 valence electrons. The minimum Gasteiger partial charge on any atom is -0.310 e. The summed E-state index contributed by atoms with van der Waals surface area (Å²) < 4.78 is 22.0. The van der Waals surface area contributed by atoms with Crippen LogP contribution in [-0.4, -0.2) is 14.5 Å². The van der Waals surface area contributed by atoms with Crippen LogP contribution in [0.15, 0.2) is 29.2 Å². The van der Waals surface area contributed by atoms with Gasteiger partial charge in [0.25, 0.3) is 0 Å². The molecule has 1 aromatic rings. The van der Waals surface area contributed by atoms with E-state index in [1.807, 2.05) is 0 Å². The highest BCUT2D eigenvalue weighted by molar-refractivity contribution is 7.89. The molecule has 4 nitrogen and oxygen atoms in total. The van der Waals surface area contributed by atoms with Crippen molar-refractivity contribution < 1.29 is 8.42 Å². The summed E-state index contributed by atoms with van der Waals surface area (Å²) in [6.45, 7) is 0.787. The molecule has 0 heterocycles. The Morgan fingerprint density at radius 3 is 2.33 bits per heavy atom. The summed E-state index contributed by atoms with van der Waals surface area (Å²) in [6, 6.07) is 7.31. The van der Waals surface area contributed by atoms with Crippen molar-refractivity contribution in [2.45, 2.75) is 30.3 Å². The van der Waals surface area contributed by atoms with E-state index >= 15 is 0 Å². The third kappa shape index (κ3) is 3.02. The number of sulfonamides is 1. The van der Waals surface area contributed by atoms with Crippen LogP contribution in [0.3, 0.4) is 0 Å². The van der Waals surface area contributed by atoms with Gasteiger partial charge in [0, 0.05) is 12.6 Å². The maximum absolute atomic E-state index is 11.0. The Balaban J connectivity index is 2.02. The monoisotopic (exact) mass is 226 g/mol. The van der Waals surface area contributed by atoms with Gasteiger partial charge in [0.15, 0.2) is 0 Å². The normalized spacial score (nSPS) is 16.6. The number of hydrogen-bond acceptors (Lipinski definition) is 3. The van der Waals surface area contributed by atoms with Crippen LogP contribution >= 0.6 is 0 Å². The summed E-state index contributed by atoms with van der Waals surface area (Å²) >= 11 is 0. The second-order valence-electron chi connectivity index (χ2n) is 3.84. The first kappa shape index (κ1) is 10.6. The molecule has 1 aliphatic carbocycles. The van der Waals surface area contributed by atoms with Crippen molar-refractivity contribution in [3.05, 3.63) is 29.8 Å². The smallest absolute Gasteiger partial charge is 0.238 e. The number of nitrogens with two attached hydrogens (primary N) is 1. The molecule has 1 aliphatic rings. The lowest BCUT2D eigenvalue weighted by Crippen LogP contribution is -2.16. The fraction of sp³-hybridized carbons (Fsp3) is 0.400. The highest BCUT2D eigenvalue weighted by atomic mass is 32.2. The van der Waals surface area contributed by atoms with Crippen molar-refractivity contribution in [3.8, 4) is 0 Å². The molecule has 0 unspecified atom stereocenters. The Labute approximate surface area is 89.5 Å². The molecule has 1 fully saturated rings. The van der Waals surface area contributed by atoms with Crippen molar-refractivity contribution in [3.63, 3.8) is 0 Å². The zero-order valence-corrected chi connectivity index (χ0v) is 9.13. The molecular formula is C10H14N2O2S. The van der Waals surface area contributed by atoms with Gasteiger partial charge in [-0.05, 0) is 30.5 Å². The molecule has 15 heavy (non-hydrogen) atoms. The third-order valence-electron chi connectivity index (χ3n) is 2.42. The van der Waals surface area contributed by atoms with Crippen LogP contribution in [-0.2, 0) is 16.6 Å². The Hall–Kier alpha value is -0.910. The lowest BCUT2D eigenvalue weighted by atomic mass is 10.2. The molecule has 3 N–H and O–H groups in total. The van der Waals surface area contributed by atoms with E-state index < -0.39 is 10.0 Å². The lowest BCUT2D eigenvalue weighted by molar-refractivity contribution is 0.597. The standard InChI is InChI=1S/C10H14N2O2S/c11-15(13,14)10-5-1-8(2-6-10)7-12-9-3-4-9/h1-2,5-6,9,12H,3-4,7H2,(H2,11,13,14). The Kier molecular flexibility index (Phi) is 2.77. The van der Waals surface area contributed by atoms with E-state index in [2.05, 4.69) is 5.32 Å². The van der Waals surface area contributed by atoms with Crippen LogP contribution in [0.5, 0.6) is 0 Å². The topological polar surface area (TPSA) is 72.2 Å². The van der Waals surface area contributed by atoms with Gasteiger partial charge < -0.3 is 5.32 Å². The van der Waals surface area contributed by atoms with Crippen molar-refractivity contribution in [2.75, 3.05) is 0 Å². The highest BCUT2D eigenvalue weighted by Crippen LogP contribution is 2.19. The Morgan fingerprint density at radius 2 is 1.87 bits per heavy atom. The Bertz CT molecular complexity index is 435. The van der Waals surface area contributed by atoms with Crippen LogP contribution in [0.25, 0.3) is 0 Å². The zero-order valence-electron chi connectivity index (χ0n) is 8.31. The summed E-state index contributed by atoms with van der Waals surface area (Å²) in [5.41, 5.74) is 1.08. The van der Waals surface area contributed by atoms with Gasteiger partial charge in [-0.15, -0.1) is 0 Å². The van der Waals surface area contributed by atoms with Crippen molar-refractivity contribution >= 4 is 10.0 Å². The number of hydrogen-bond donors (Lipinski definition) is 2. The summed E-state index contributed by atoms with van der Waals surface area (Å²) in [4.78, 5) is 0.165. The van der Waals surface area contributed by atoms with E-state index in [0.717, 1.165) is 12.1 Å². The molecule has 0 saturated heterocycles. The van der Waals surface area contributed by atoms with E-state index in [4.69, 9.17) is 5.14 Å². The minimum atomic E-state index is -3.56. The van der Waals surface area contributed by atoms with Crippen LogP contribution in [0.2, 0.25) is 0 Å². The van der Waals surface area contributed by atoms with E-state index in [-0.39, 0.29) is 4.90 Å². The van der Waals surface area contributed by atoms with Gasteiger partial charge in [0.2, 0.25) is 10.0 Å². The van der Waals surface area contributed by atoms with E-state index in [9.17, 15) is 8.42 Å². The van der Waals surface area contributed by atoms with Crippen molar-refractivity contribution in [1.82, 2.24) is 5.32 Å². The lowest BCUT2D eigenvalue weighted by Gasteiger charge is -2.03. The first-order chi connectivity index (χ1) is 7.05. The summed E-state index contributed by atoms with van der Waals surface area (Å²) in [6.07, 6.45) is 2.49.